The fraction of sp³-hybridized carbons (Fsp3) is 0.400. The monoisotopic (exact) mass is 287 g/mol. The number of carboxylic acid groups (broad SMARTS) is 1. The Morgan fingerprint density at radius 2 is 2.10 bits per heavy atom. The van der Waals surface area contributed by atoms with E-state index in [4.69, 9.17) is 0 Å². The lowest BCUT2D eigenvalue weighted by Gasteiger charge is -2.28. The van der Waals surface area contributed by atoms with Crippen molar-refractivity contribution in [2.45, 2.75) is 31.7 Å². The molecule has 1 aliphatic rings. The van der Waals surface area contributed by atoms with Crippen molar-refractivity contribution in [1.82, 2.24) is 14.7 Å². The van der Waals surface area contributed by atoms with Crippen LogP contribution in [0.4, 0.5) is 0 Å². The Bertz CT molecular complexity index is 647. The molecule has 0 saturated heterocycles. The van der Waals surface area contributed by atoms with Gasteiger partial charge < -0.3 is 14.8 Å². The molecular formula is C15H17N3O3. The Labute approximate surface area is 121 Å². The maximum Gasteiger partial charge on any atom is 0.308 e. The third-order valence-electron chi connectivity index (χ3n) is 4.00. The normalized spacial score (nSPS) is 22.1. The van der Waals surface area contributed by atoms with Gasteiger partial charge in [-0.3, -0.25) is 9.59 Å². The van der Waals surface area contributed by atoms with Gasteiger partial charge in [-0.1, -0.05) is 18.9 Å². The molecule has 6 heteroatoms. The molecule has 0 aliphatic heterocycles. The highest BCUT2D eigenvalue weighted by atomic mass is 16.4. The second-order valence-electron chi connectivity index (χ2n) is 5.40. The van der Waals surface area contributed by atoms with Gasteiger partial charge in [-0.15, -0.1) is 0 Å². The Morgan fingerprint density at radius 3 is 2.86 bits per heavy atom. The summed E-state index contributed by atoms with van der Waals surface area (Å²) in [6.07, 6.45) is 6.64. The summed E-state index contributed by atoms with van der Waals surface area (Å²) in [5.74, 6) is -1.65. The lowest BCUT2D eigenvalue weighted by atomic mass is 9.84. The topological polar surface area (TPSA) is 83.7 Å². The lowest BCUT2D eigenvalue weighted by Crippen LogP contribution is -2.45. The van der Waals surface area contributed by atoms with E-state index < -0.39 is 11.9 Å². The molecule has 21 heavy (non-hydrogen) atoms. The third kappa shape index (κ3) is 2.74. The first kappa shape index (κ1) is 13.6. The van der Waals surface area contributed by atoms with E-state index in [0.717, 1.165) is 12.8 Å². The number of pyridine rings is 1. The second kappa shape index (κ2) is 5.55. The highest BCUT2D eigenvalue weighted by Crippen LogP contribution is 2.25. The number of hydrogen-bond acceptors (Lipinski definition) is 3. The highest BCUT2D eigenvalue weighted by molar-refractivity contribution is 5.93. The van der Waals surface area contributed by atoms with Gasteiger partial charge in [-0.2, -0.15) is 0 Å². The molecule has 2 atom stereocenters. The molecule has 6 nitrogen and oxygen atoms in total. The van der Waals surface area contributed by atoms with E-state index >= 15 is 0 Å². The Hall–Kier alpha value is -2.37. The van der Waals surface area contributed by atoms with E-state index in [1.807, 2.05) is 24.4 Å². The average Bonchev–Trinajstić information content (AvgIpc) is 2.91. The Kier molecular flexibility index (Phi) is 3.60. The number of rotatable bonds is 3. The molecule has 0 aromatic carbocycles. The molecule has 1 amide bonds. The molecule has 2 unspecified atom stereocenters. The molecule has 3 rings (SSSR count). The lowest BCUT2D eigenvalue weighted by molar-refractivity contribution is -0.143. The number of imidazole rings is 1. The Balaban J connectivity index is 1.77. The zero-order chi connectivity index (χ0) is 14.8. The highest BCUT2D eigenvalue weighted by Gasteiger charge is 2.32. The fourth-order valence-corrected chi connectivity index (χ4v) is 2.89. The number of carbonyl (C=O) groups is 2. The van der Waals surface area contributed by atoms with Gasteiger partial charge in [-0.05, 0) is 25.0 Å². The SMILES string of the molecule is O=C(NC1CCCCC1C(=O)O)c1cn2ccccc2n1. The quantitative estimate of drug-likeness (QED) is 0.900. The molecule has 2 N–H and O–H groups in total. The first-order chi connectivity index (χ1) is 10.1. The number of carboxylic acids is 1. The summed E-state index contributed by atoms with van der Waals surface area (Å²) in [4.78, 5) is 27.8. The van der Waals surface area contributed by atoms with Crippen LogP contribution in [0, 0.1) is 5.92 Å². The minimum Gasteiger partial charge on any atom is -0.481 e. The van der Waals surface area contributed by atoms with E-state index in [1.165, 1.54) is 0 Å². The summed E-state index contributed by atoms with van der Waals surface area (Å²) in [5, 5.41) is 12.1. The van der Waals surface area contributed by atoms with Crippen molar-refractivity contribution in [1.29, 1.82) is 0 Å². The summed E-state index contributed by atoms with van der Waals surface area (Å²) in [6, 6.07) is 5.22. The molecule has 1 aliphatic carbocycles. The molecule has 2 aromatic heterocycles. The van der Waals surface area contributed by atoms with Crippen molar-refractivity contribution in [3.63, 3.8) is 0 Å². The second-order valence-corrected chi connectivity index (χ2v) is 5.40. The summed E-state index contributed by atoms with van der Waals surface area (Å²) in [6.45, 7) is 0. The zero-order valence-corrected chi connectivity index (χ0v) is 11.5. The van der Waals surface area contributed by atoms with Gasteiger partial charge in [0.1, 0.15) is 11.3 Å². The fourth-order valence-electron chi connectivity index (χ4n) is 2.89. The van der Waals surface area contributed by atoms with E-state index in [1.54, 1.807) is 10.6 Å². The molecule has 0 radical (unpaired) electrons. The number of aliphatic carboxylic acids is 1. The molecule has 1 saturated carbocycles. The number of nitrogens with one attached hydrogen (secondary N) is 1. The first-order valence-electron chi connectivity index (χ1n) is 7.12. The minimum absolute atomic E-state index is 0.308. The van der Waals surface area contributed by atoms with Crippen molar-refractivity contribution in [2.75, 3.05) is 0 Å². The van der Waals surface area contributed by atoms with Gasteiger partial charge in [-0.25, -0.2) is 4.98 Å². The van der Waals surface area contributed by atoms with Gasteiger partial charge in [0.15, 0.2) is 0 Å². The molecule has 0 bridgehead atoms. The molecule has 1 fully saturated rings. The van der Waals surface area contributed by atoms with Crippen LogP contribution in [0.15, 0.2) is 30.6 Å². The van der Waals surface area contributed by atoms with Gasteiger partial charge >= 0.3 is 5.97 Å². The van der Waals surface area contributed by atoms with E-state index in [2.05, 4.69) is 10.3 Å². The predicted octanol–water partition coefficient (Wildman–Crippen LogP) is 1.71. The van der Waals surface area contributed by atoms with Crippen LogP contribution in [0.5, 0.6) is 0 Å². The molecule has 2 aromatic rings. The summed E-state index contributed by atoms with van der Waals surface area (Å²) < 4.78 is 1.77. The van der Waals surface area contributed by atoms with Crippen molar-refractivity contribution in [3.05, 3.63) is 36.3 Å². The van der Waals surface area contributed by atoms with Crippen LogP contribution in [0.2, 0.25) is 0 Å². The minimum atomic E-state index is -0.838. The van der Waals surface area contributed by atoms with Crippen LogP contribution in [-0.2, 0) is 4.79 Å². The van der Waals surface area contributed by atoms with Crippen molar-refractivity contribution in [2.24, 2.45) is 5.92 Å². The van der Waals surface area contributed by atoms with Crippen LogP contribution < -0.4 is 5.32 Å². The van der Waals surface area contributed by atoms with Crippen molar-refractivity contribution < 1.29 is 14.7 Å². The maximum atomic E-state index is 12.3. The summed E-state index contributed by atoms with van der Waals surface area (Å²) >= 11 is 0. The number of aromatic nitrogens is 2. The number of nitrogens with zero attached hydrogens (tertiary/aromatic N) is 2. The number of amides is 1. The average molecular weight is 287 g/mol. The number of fused-ring (bicyclic) bond motifs is 1. The standard InChI is InChI=1S/C15H17N3O3/c19-14(12-9-18-8-4-3-7-13(18)16-12)17-11-6-2-1-5-10(11)15(20)21/h3-4,7-11H,1-2,5-6H2,(H,17,19)(H,20,21). The van der Waals surface area contributed by atoms with Gasteiger partial charge in [0.2, 0.25) is 0 Å². The summed E-state index contributed by atoms with van der Waals surface area (Å²) in [5.41, 5.74) is 1.01. The maximum absolute atomic E-state index is 12.3. The van der Waals surface area contributed by atoms with Crippen molar-refractivity contribution >= 4 is 17.5 Å². The molecular weight excluding hydrogens is 270 g/mol. The number of hydrogen-bond donors (Lipinski definition) is 2. The van der Waals surface area contributed by atoms with E-state index in [9.17, 15) is 14.7 Å². The van der Waals surface area contributed by atoms with E-state index in [0.29, 0.717) is 24.2 Å². The molecule has 2 heterocycles. The van der Waals surface area contributed by atoms with Crippen LogP contribution in [0.1, 0.15) is 36.2 Å². The van der Waals surface area contributed by atoms with E-state index in [-0.39, 0.29) is 11.9 Å². The van der Waals surface area contributed by atoms with Crippen molar-refractivity contribution in [3.8, 4) is 0 Å². The van der Waals surface area contributed by atoms with Gasteiger partial charge in [0.25, 0.3) is 5.91 Å². The van der Waals surface area contributed by atoms with Crippen LogP contribution in [-0.4, -0.2) is 32.4 Å². The van der Waals surface area contributed by atoms with Crippen LogP contribution in [0.25, 0.3) is 5.65 Å². The summed E-state index contributed by atoms with van der Waals surface area (Å²) in [7, 11) is 0. The Morgan fingerprint density at radius 1 is 1.29 bits per heavy atom. The predicted molar refractivity (Wildman–Crippen MR) is 76.0 cm³/mol. The molecule has 110 valence electrons. The smallest absolute Gasteiger partial charge is 0.308 e. The molecule has 0 spiro atoms. The largest absolute Gasteiger partial charge is 0.481 e. The van der Waals surface area contributed by atoms with Crippen LogP contribution in [0.3, 0.4) is 0 Å². The van der Waals surface area contributed by atoms with Gasteiger partial charge in [0.05, 0.1) is 5.92 Å². The van der Waals surface area contributed by atoms with Gasteiger partial charge in [0, 0.05) is 18.4 Å². The third-order valence-corrected chi connectivity index (χ3v) is 4.00. The van der Waals surface area contributed by atoms with Crippen LogP contribution >= 0.6 is 0 Å². The number of carbonyl (C=O) groups excluding carboxylic acids is 1. The first-order valence-corrected chi connectivity index (χ1v) is 7.12. The zero-order valence-electron chi connectivity index (χ0n) is 11.5.